The van der Waals surface area contributed by atoms with Gasteiger partial charge >= 0.3 is 0 Å². The average Bonchev–Trinajstić information content (AvgIpc) is 3.62. The Morgan fingerprint density at radius 1 is 1.05 bits per heavy atom. The summed E-state index contributed by atoms with van der Waals surface area (Å²) in [5.41, 5.74) is 4.92. The third-order valence-electron chi connectivity index (χ3n) is 7.75. The van der Waals surface area contributed by atoms with Gasteiger partial charge in [0.2, 0.25) is 0 Å². The molecule has 0 atom stereocenters. The van der Waals surface area contributed by atoms with E-state index in [1.807, 2.05) is 44.3 Å². The van der Waals surface area contributed by atoms with E-state index in [-0.39, 0.29) is 11.7 Å². The molecule has 0 saturated heterocycles. The number of benzene rings is 2. The van der Waals surface area contributed by atoms with Gasteiger partial charge in [-0.1, -0.05) is 31.0 Å². The minimum atomic E-state index is -0.619. The lowest BCUT2D eigenvalue weighted by Gasteiger charge is -2.23. The molecule has 2 aromatic carbocycles. The molecule has 2 aromatic heterocycles. The summed E-state index contributed by atoms with van der Waals surface area (Å²) in [5.74, 6) is 0.665. The van der Waals surface area contributed by atoms with Crippen LogP contribution in [-0.2, 0) is 20.1 Å². The second-order valence-electron chi connectivity index (χ2n) is 10.7. The molecule has 1 fully saturated rings. The van der Waals surface area contributed by atoms with Crippen molar-refractivity contribution in [2.45, 2.75) is 51.3 Å². The predicted molar refractivity (Wildman–Crippen MR) is 146 cm³/mol. The number of aryl methyl sites for hydroxylation is 2. The van der Waals surface area contributed by atoms with Gasteiger partial charge < -0.3 is 15.0 Å². The van der Waals surface area contributed by atoms with E-state index in [1.165, 1.54) is 12.1 Å². The number of aliphatic hydroxyl groups is 1. The summed E-state index contributed by atoms with van der Waals surface area (Å²) in [6, 6.07) is 14.3. The molecule has 0 radical (unpaired) electrons. The van der Waals surface area contributed by atoms with Crippen LogP contribution in [0.1, 0.15) is 52.9 Å². The van der Waals surface area contributed by atoms with E-state index in [0.717, 1.165) is 53.6 Å². The summed E-state index contributed by atoms with van der Waals surface area (Å²) in [5, 5.41) is 22.1. The molecule has 9 heteroatoms. The highest BCUT2D eigenvalue weighted by Gasteiger charge is 2.32. The maximum atomic E-state index is 14.2. The molecule has 200 valence electrons. The van der Waals surface area contributed by atoms with E-state index in [4.69, 9.17) is 0 Å². The molecule has 39 heavy (non-hydrogen) atoms. The molecule has 4 aromatic rings. The number of nitrogens with zero attached hydrogens (tertiary/aromatic N) is 5. The van der Waals surface area contributed by atoms with Gasteiger partial charge in [-0.2, -0.15) is 0 Å². The molecule has 1 amide bonds. The Hall–Kier alpha value is -3.95. The van der Waals surface area contributed by atoms with Crippen molar-refractivity contribution in [3.8, 4) is 22.5 Å². The van der Waals surface area contributed by atoms with Gasteiger partial charge in [0.25, 0.3) is 5.91 Å². The lowest BCUT2D eigenvalue weighted by Crippen LogP contribution is -2.37. The smallest absolute Gasteiger partial charge is 0.260 e. The van der Waals surface area contributed by atoms with Crippen LogP contribution in [-0.4, -0.2) is 42.9 Å². The Morgan fingerprint density at radius 2 is 1.87 bits per heavy atom. The number of amides is 1. The van der Waals surface area contributed by atoms with E-state index in [2.05, 4.69) is 20.5 Å². The van der Waals surface area contributed by atoms with Crippen molar-refractivity contribution in [2.24, 2.45) is 7.05 Å². The Morgan fingerprint density at radius 3 is 2.64 bits per heavy atom. The standard InChI is InChI=1S/C30H31FN6O2/c1-19-11-20(15-32-17-30(39)9-3-4-10-30)12-27(34-19)37-16-22-6-5-21(13-25(22)29(37)38)24-8-7-23(31)14-26(24)28-35-33-18-36(28)2/h5-8,11-14,18,32,39H,3-4,9-10,15-17H2,1-2H3. The highest BCUT2D eigenvalue weighted by Crippen LogP contribution is 2.36. The van der Waals surface area contributed by atoms with Crippen molar-refractivity contribution in [1.82, 2.24) is 25.1 Å². The van der Waals surface area contributed by atoms with Crippen molar-refractivity contribution in [2.75, 3.05) is 11.4 Å². The van der Waals surface area contributed by atoms with Gasteiger partial charge in [0.05, 0.1) is 12.1 Å². The Labute approximate surface area is 226 Å². The third-order valence-corrected chi connectivity index (χ3v) is 7.75. The predicted octanol–water partition coefficient (Wildman–Crippen LogP) is 4.55. The number of pyridine rings is 1. The lowest BCUT2D eigenvalue weighted by atomic mass is 9.96. The molecule has 0 spiro atoms. The second kappa shape index (κ2) is 9.98. The number of rotatable bonds is 7. The number of fused-ring (bicyclic) bond motifs is 1. The zero-order chi connectivity index (χ0) is 27.1. The highest BCUT2D eigenvalue weighted by molar-refractivity contribution is 6.10. The first-order valence-corrected chi connectivity index (χ1v) is 13.3. The number of aromatic nitrogens is 4. The first-order valence-electron chi connectivity index (χ1n) is 13.3. The van der Waals surface area contributed by atoms with Crippen LogP contribution < -0.4 is 10.2 Å². The number of carbonyl (C=O) groups excluding carboxylic acids is 1. The zero-order valence-corrected chi connectivity index (χ0v) is 22.1. The fourth-order valence-corrected chi connectivity index (χ4v) is 5.74. The van der Waals surface area contributed by atoms with Crippen LogP contribution in [0.2, 0.25) is 0 Å². The Balaban J connectivity index is 1.25. The molecular weight excluding hydrogens is 495 g/mol. The molecule has 1 saturated carbocycles. The van der Waals surface area contributed by atoms with Gasteiger partial charge in [0, 0.05) is 37.0 Å². The number of nitrogens with one attached hydrogen (secondary N) is 1. The Bertz CT molecular complexity index is 1560. The summed E-state index contributed by atoms with van der Waals surface area (Å²) in [7, 11) is 1.81. The van der Waals surface area contributed by atoms with Crippen LogP contribution in [0.4, 0.5) is 10.2 Å². The number of hydrogen-bond donors (Lipinski definition) is 2. The summed E-state index contributed by atoms with van der Waals surface area (Å²) in [4.78, 5) is 20.0. The van der Waals surface area contributed by atoms with E-state index in [1.54, 1.807) is 21.9 Å². The fourth-order valence-electron chi connectivity index (χ4n) is 5.74. The van der Waals surface area contributed by atoms with Gasteiger partial charge in [-0.3, -0.25) is 9.69 Å². The minimum Gasteiger partial charge on any atom is -0.389 e. The van der Waals surface area contributed by atoms with Crippen LogP contribution >= 0.6 is 0 Å². The minimum absolute atomic E-state index is 0.119. The molecule has 3 heterocycles. The van der Waals surface area contributed by atoms with Gasteiger partial charge in [-0.15, -0.1) is 10.2 Å². The van der Waals surface area contributed by atoms with Crippen LogP contribution in [0, 0.1) is 12.7 Å². The van der Waals surface area contributed by atoms with Crippen molar-refractivity contribution < 1.29 is 14.3 Å². The maximum absolute atomic E-state index is 14.2. The highest BCUT2D eigenvalue weighted by atomic mass is 19.1. The fraction of sp³-hybridized carbons (Fsp3) is 0.333. The molecule has 1 aliphatic carbocycles. The summed E-state index contributed by atoms with van der Waals surface area (Å²) in [6.45, 7) is 3.50. The lowest BCUT2D eigenvalue weighted by molar-refractivity contribution is 0.0475. The molecule has 6 rings (SSSR count). The third kappa shape index (κ3) is 4.95. The molecule has 2 aliphatic rings. The summed E-state index contributed by atoms with van der Waals surface area (Å²) < 4.78 is 15.9. The SMILES string of the molecule is Cc1cc(CNCC2(O)CCCC2)cc(N2Cc3ccc(-c4ccc(F)cc4-c4nncn4C)cc3C2=O)n1. The van der Waals surface area contributed by atoms with Gasteiger partial charge in [-0.05, 0) is 72.4 Å². The normalized spacial score (nSPS) is 16.2. The van der Waals surface area contributed by atoms with E-state index in [0.29, 0.717) is 42.4 Å². The average molecular weight is 527 g/mol. The number of anilines is 1. The number of hydrogen-bond acceptors (Lipinski definition) is 6. The first kappa shape index (κ1) is 25.3. The summed E-state index contributed by atoms with van der Waals surface area (Å²) in [6.07, 6.45) is 5.38. The molecule has 0 bridgehead atoms. The first-order chi connectivity index (χ1) is 18.8. The summed E-state index contributed by atoms with van der Waals surface area (Å²) >= 11 is 0. The molecule has 0 unspecified atom stereocenters. The van der Waals surface area contributed by atoms with E-state index < -0.39 is 5.60 Å². The van der Waals surface area contributed by atoms with Crippen LogP contribution in [0.25, 0.3) is 22.5 Å². The van der Waals surface area contributed by atoms with Gasteiger partial charge in [-0.25, -0.2) is 9.37 Å². The van der Waals surface area contributed by atoms with Gasteiger partial charge in [0.15, 0.2) is 5.82 Å². The Kier molecular flexibility index (Phi) is 6.48. The van der Waals surface area contributed by atoms with Gasteiger partial charge in [0.1, 0.15) is 18.0 Å². The monoisotopic (exact) mass is 526 g/mol. The molecule has 8 nitrogen and oxygen atoms in total. The zero-order valence-electron chi connectivity index (χ0n) is 22.1. The van der Waals surface area contributed by atoms with Crippen LogP contribution in [0.5, 0.6) is 0 Å². The van der Waals surface area contributed by atoms with Crippen LogP contribution in [0.15, 0.2) is 54.9 Å². The number of carbonyl (C=O) groups is 1. The molecular formula is C30H31FN6O2. The maximum Gasteiger partial charge on any atom is 0.260 e. The van der Waals surface area contributed by atoms with Crippen molar-refractivity contribution in [3.05, 3.63) is 83.1 Å². The van der Waals surface area contributed by atoms with Crippen molar-refractivity contribution in [3.63, 3.8) is 0 Å². The second-order valence-corrected chi connectivity index (χ2v) is 10.7. The van der Waals surface area contributed by atoms with Crippen LogP contribution in [0.3, 0.4) is 0 Å². The van der Waals surface area contributed by atoms with Crippen molar-refractivity contribution in [1.29, 1.82) is 0 Å². The van der Waals surface area contributed by atoms with E-state index >= 15 is 0 Å². The van der Waals surface area contributed by atoms with E-state index in [9.17, 15) is 14.3 Å². The largest absolute Gasteiger partial charge is 0.389 e. The molecule has 2 N–H and O–H groups in total. The van der Waals surface area contributed by atoms with Crippen molar-refractivity contribution >= 4 is 11.7 Å². The topological polar surface area (TPSA) is 96.2 Å². The quantitative estimate of drug-likeness (QED) is 0.367. The number of halogens is 1. The molecule has 1 aliphatic heterocycles.